The Bertz CT molecular complexity index is 194. The van der Waals surface area contributed by atoms with Crippen LogP contribution in [0.1, 0.15) is 47.5 Å². The third kappa shape index (κ3) is 7.37. The summed E-state index contributed by atoms with van der Waals surface area (Å²) in [7, 11) is 0. The largest absolute Gasteiger partial charge is 0.394 e. The minimum Gasteiger partial charge on any atom is -0.394 e. The number of amides is 1. The van der Waals surface area contributed by atoms with E-state index < -0.39 is 0 Å². The number of aliphatic hydroxyl groups excluding tert-OH is 1. The van der Waals surface area contributed by atoms with Crippen molar-refractivity contribution in [1.82, 2.24) is 5.32 Å². The van der Waals surface area contributed by atoms with Crippen LogP contribution in [0.3, 0.4) is 0 Å². The summed E-state index contributed by atoms with van der Waals surface area (Å²) < 4.78 is 0. The van der Waals surface area contributed by atoms with Gasteiger partial charge in [0.1, 0.15) is 0 Å². The van der Waals surface area contributed by atoms with E-state index in [1.165, 1.54) is 0 Å². The summed E-state index contributed by atoms with van der Waals surface area (Å²) in [6.07, 6.45) is 1.40. The second kappa shape index (κ2) is 6.11. The summed E-state index contributed by atoms with van der Waals surface area (Å²) >= 11 is 0. The van der Waals surface area contributed by atoms with Crippen LogP contribution in [0.4, 0.5) is 0 Å². The van der Waals surface area contributed by atoms with Gasteiger partial charge in [-0.2, -0.15) is 0 Å². The van der Waals surface area contributed by atoms with E-state index in [1.807, 2.05) is 13.8 Å². The van der Waals surface area contributed by atoms with E-state index in [0.29, 0.717) is 6.42 Å². The van der Waals surface area contributed by atoms with Gasteiger partial charge in [0.15, 0.2) is 0 Å². The molecule has 0 heterocycles. The number of aliphatic hydroxyl groups is 1. The number of hydrogen-bond donors (Lipinski definition) is 2. The van der Waals surface area contributed by atoms with Gasteiger partial charge in [0.2, 0.25) is 5.91 Å². The van der Waals surface area contributed by atoms with Crippen LogP contribution in [-0.4, -0.2) is 23.7 Å². The highest BCUT2D eigenvalue weighted by atomic mass is 16.3. The van der Waals surface area contributed by atoms with Crippen LogP contribution in [0.2, 0.25) is 0 Å². The van der Waals surface area contributed by atoms with Gasteiger partial charge in [-0.3, -0.25) is 4.79 Å². The fourth-order valence-corrected chi connectivity index (χ4v) is 1.19. The first kappa shape index (κ1) is 14.4. The molecule has 2 N–H and O–H groups in total. The molecule has 1 unspecified atom stereocenters. The Balaban J connectivity index is 3.92. The lowest BCUT2D eigenvalue weighted by Crippen LogP contribution is -2.41. The maximum Gasteiger partial charge on any atom is 0.220 e. The van der Waals surface area contributed by atoms with E-state index in [-0.39, 0.29) is 29.9 Å². The van der Waals surface area contributed by atoms with Crippen LogP contribution in [0, 0.1) is 11.3 Å². The fourth-order valence-electron chi connectivity index (χ4n) is 1.19. The monoisotopic (exact) mass is 215 g/mol. The molecule has 0 aliphatic heterocycles. The summed E-state index contributed by atoms with van der Waals surface area (Å²) in [5.41, 5.74) is 0.184. The summed E-state index contributed by atoms with van der Waals surface area (Å²) in [5.74, 6) is 0.311. The summed E-state index contributed by atoms with van der Waals surface area (Å²) in [5, 5.41) is 11.9. The molecule has 0 saturated heterocycles. The minimum atomic E-state index is -0.113. The minimum absolute atomic E-state index is 0.0128. The Morgan fingerprint density at radius 3 is 2.20 bits per heavy atom. The molecule has 0 aromatic heterocycles. The molecule has 3 nitrogen and oxygen atoms in total. The Labute approximate surface area is 93.3 Å². The fraction of sp³-hybridized carbons (Fsp3) is 0.917. The number of hydrogen-bond acceptors (Lipinski definition) is 2. The number of rotatable bonds is 5. The molecule has 1 atom stereocenters. The highest BCUT2D eigenvalue weighted by Gasteiger charge is 2.17. The second-order valence-corrected chi connectivity index (χ2v) is 5.66. The predicted octanol–water partition coefficient (Wildman–Crippen LogP) is 1.95. The molecular weight excluding hydrogens is 190 g/mol. The first-order chi connectivity index (χ1) is 6.76. The van der Waals surface area contributed by atoms with Gasteiger partial charge < -0.3 is 10.4 Å². The molecular formula is C12H25NO2. The maximum atomic E-state index is 11.5. The summed E-state index contributed by atoms with van der Waals surface area (Å²) in [4.78, 5) is 11.5. The van der Waals surface area contributed by atoms with Gasteiger partial charge in [0.25, 0.3) is 0 Å². The zero-order valence-corrected chi connectivity index (χ0v) is 10.6. The van der Waals surface area contributed by atoms with Crippen molar-refractivity contribution >= 4 is 5.91 Å². The smallest absolute Gasteiger partial charge is 0.220 e. The highest BCUT2D eigenvalue weighted by molar-refractivity contribution is 5.76. The van der Waals surface area contributed by atoms with Crippen LogP contribution in [0.5, 0.6) is 0 Å². The van der Waals surface area contributed by atoms with Crippen LogP contribution >= 0.6 is 0 Å². The van der Waals surface area contributed by atoms with Crippen LogP contribution < -0.4 is 5.32 Å². The number of carbonyl (C=O) groups excluding carboxylic acids is 1. The lowest BCUT2D eigenvalue weighted by molar-refractivity contribution is -0.123. The first-order valence-corrected chi connectivity index (χ1v) is 5.66. The molecule has 1 amide bonds. The van der Waals surface area contributed by atoms with Crippen LogP contribution in [0.15, 0.2) is 0 Å². The van der Waals surface area contributed by atoms with Crippen molar-refractivity contribution in [3.05, 3.63) is 0 Å². The normalized spacial score (nSPS) is 14.1. The molecule has 0 aromatic carbocycles. The Morgan fingerprint density at radius 2 is 1.87 bits per heavy atom. The molecule has 90 valence electrons. The first-order valence-electron chi connectivity index (χ1n) is 5.66. The van der Waals surface area contributed by atoms with Crippen molar-refractivity contribution in [2.75, 3.05) is 6.61 Å². The van der Waals surface area contributed by atoms with E-state index in [4.69, 9.17) is 5.11 Å². The lowest BCUT2D eigenvalue weighted by Gasteiger charge is -2.22. The van der Waals surface area contributed by atoms with Crippen molar-refractivity contribution in [2.45, 2.75) is 53.5 Å². The predicted molar refractivity (Wildman–Crippen MR) is 62.5 cm³/mol. The Hall–Kier alpha value is -0.570. The quantitative estimate of drug-likeness (QED) is 0.736. The Kier molecular flexibility index (Phi) is 5.88. The lowest BCUT2D eigenvalue weighted by atomic mass is 9.90. The molecule has 0 radical (unpaired) electrons. The third-order valence-electron chi connectivity index (χ3n) is 2.45. The number of nitrogens with one attached hydrogen (secondary N) is 1. The average molecular weight is 215 g/mol. The maximum absolute atomic E-state index is 11.5. The molecule has 0 rings (SSSR count). The summed E-state index contributed by atoms with van der Waals surface area (Å²) in [6, 6.07) is -0.113. The SMILES string of the molecule is CC(C)C(CO)NC(=O)CCC(C)(C)C. The van der Waals surface area contributed by atoms with E-state index in [9.17, 15) is 4.79 Å². The molecule has 0 aromatic rings. The van der Waals surface area contributed by atoms with Gasteiger partial charge in [-0.1, -0.05) is 34.6 Å². The molecule has 0 aliphatic carbocycles. The van der Waals surface area contributed by atoms with Crippen molar-refractivity contribution < 1.29 is 9.90 Å². The molecule has 0 fully saturated rings. The van der Waals surface area contributed by atoms with Crippen LogP contribution in [-0.2, 0) is 4.79 Å². The summed E-state index contributed by atoms with van der Waals surface area (Å²) in [6.45, 7) is 10.3. The van der Waals surface area contributed by atoms with Crippen molar-refractivity contribution in [3.8, 4) is 0 Å². The standard InChI is InChI=1S/C12H25NO2/c1-9(2)10(8-14)13-11(15)6-7-12(3,4)5/h9-10,14H,6-8H2,1-5H3,(H,13,15). The van der Waals surface area contributed by atoms with E-state index in [2.05, 4.69) is 26.1 Å². The van der Waals surface area contributed by atoms with E-state index in [1.54, 1.807) is 0 Å². The average Bonchev–Trinajstić information content (AvgIpc) is 2.09. The molecule has 0 bridgehead atoms. The van der Waals surface area contributed by atoms with Gasteiger partial charge in [-0.05, 0) is 17.8 Å². The van der Waals surface area contributed by atoms with Gasteiger partial charge >= 0.3 is 0 Å². The van der Waals surface area contributed by atoms with Crippen molar-refractivity contribution in [3.63, 3.8) is 0 Å². The van der Waals surface area contributed by atoms with Crippen LogP contribution in [0.25, 0.3) is 0 Å². The molecule has 0 spiro atoms. The van der Waals surface area contributed by atoms with Gasteiger partial charge in [0.05, 0.1) is 12.6 Å². The zero-order chi connectivity index (χ0) is 12.1. The Morgan fingerprint density at radius 1 is 1.33 bits per heavy atom. The highest BCUT2D eigenvalue weighted by Crippen LogP contribution is 2.20. The second-order valence-electron chi connectivity index (χ2n) is 5.66. The molecule has 15 heavy (non-hydrogen) atoms. The van der Waals surface area contributed by atoms with Gasteiger partial charge in [-0.15, -0.1) is 0 Å². The van der Waals surface area contributed by atoms with E-state index in [0.717, 1.165) is 6.42 Å². The van der Waals surface area contributed by atoms with Gasteiger partial charge in [0, 0.05) is 6.42 Å². The molecule has 3 heteroatoms. The zero-order valence-electron chi connectivity index (χ0n) is 10.6. The topological polar surface area (TPSA) is 49.3 Å². The van der Waals surface area contributed by atoms with E-state index >= 15 is 0 Å². The number of carbonyl (C=O) groups is 1. The van der Waals surface area contributed by atoms with Crippen molar-refractivity contribution in [2.24, 2.45) is 11.3 Å². The third-order valence-corrected chi connectivity index (χ3v) is 2.45. The molecule has 0 aliphatic rings. The van der Waals surface area contributed by atoms with Gasteiger partial charge in [-0.25, -0.2) is 0 Å². The van der Waals surface area contributed by atoms with Crippen molar-refractivity contribution in [1.29, 1.82) is 0 Å². The molecule has 0 saturated carbocycles.